The summed E-state index contributed by atoms with van der Waals surface area (Å²) in [5.41, 5.74) is 1.01. The van der Waals surface area contributed by atoms with Crippen LogP contribution in [0, 0.1) is 11.3 Å². The van der Waals surface area contributed by atoms with Gasteiger partial charge in [0.2, 0.25) is 5.89 Å². The van der Waals surface area contributed by atoms with Crippen molar-refractivity contribution < 1.29 is 9.32 Å². The van der Waals surface area contributed by atoms with Crippen LogP contribution >= 0.6 is 0 Å². The second-order valence-corrected chi connectivity index (χ2v) is 6.11. The van der Waals surface area contributed by atoms with Gasteiger partial charge in [-0.1, -0.05) is 11.2 Å². The predicted octanol–water partition coefficient (Wildman–Crippen LogP) is 2.80. The van der Waals surface area contributed by atoms with Crippen molar-refractivity contribution in [1.82, 2.24) is 15.0 Å². The van der Waals surface area contributed by atoms with Crippen molar-refractivity contribution >= 4 is 5.91 Å². The van der Waals surface area contributed by atoms with Gasteiger partial charge in [0.25, 0.3) is 5.91 Å². The van der Waals surface area contributed by atoms with Crippen molar-refractivity contribution in [2.45, 2.75) is 37.6 Å². The average Bonchev–Trinajstić information content (AvgIpc) is 3.13. The van der Waals surface area contributed by atoms with Gasteiger partial charge in [0.1, 0.15) is 6.04 Å². The maximum atomic E-state index is 12.8. The Balaban J connectivity index is 1.58. The summed E-state index contributed by atoms with van der Waals surface area (Å²) in [4.78, 5) is 19.0. The molecule has 1 aliphatic carbocycles. The predicted molar refractivity (Wildman–Crippen MR) is 80.4 cm³/mol. The number of rotatable bonds is 3. The number of nitrogens with zero attached hydrogens (tertiary/aromatic N) is 4. The van der Waals surface area contributed by atoms with Crippen LogP contribution in [0.5, 0.6) is 0 Å². The fourth-order valence-corrected chi connectivity index (χ4v) is 3.04. The van der Waals surface area contributed by atoms with Crippen molar-refractivity contribution in [2.24, 2.45) is 0 Å². The van der Waals surface area contributed by atoms with Gasteiger partial charge in [-0.05, 0) is 43.9 Å². The quantitative estimate of drug-likeness (QED) is 0.870. The number of carbonyl (C=O) groups excluding carboxylic acids is 1. The SMILES string of the molecule is N#Cc1cccc(C(=O)N2CCCC2c2nc(C3CC3)no2)c1. The highest BCUT2D eigenvalue weighted by molar-refractivity contribution is 5.95. The summed E-state index contributed by atoms with van der Waals surface area (Å²) in [5.74, 6) is 1.65. The van der Waals surface area contributed by atoms with Crippen molar-refractivity contribution in [1.29, 1.82) is 5.26 Å². The molecule has 0 N–H and O–H groups in total. The van der Waals surface area contributed by atoms with Crippen molar-refractivity contribution in [2.75, 3.05) is 6.54 Å². The molecule has 0 radical (unpaired) electrons. The summed E-state index contributed by atoms with van der Waals surface area (Å²) in [6.45, 7) is 0.668. The Labute approximate surface area is 133 Å². The maximum Gasteiger partial charge on any atom is 0.254 e. The highest BCUT2D eigenvalue weighted by atomic mass is 16.5. The number of carbonyl (C=O) groups is 1. The molecule has 1 amide bonds. The van der Waals surface area contributed by atoms with E-state index in [2.05, 4.69) is 16.2 Å². The Morgan fingerprint density at radius 3 is 3.00 bits per heavy atom. The molecular formula is C17H16N4O2. The second-order valence-electron chi connectivity index (χ2n) is 6.11. The van der Waals surface area contributed by atoms with Crippen LogP contribution in [-0.4, -0.2) is 27.5 Å². The Hall–Kier alpha value is -2.68. The smallest absolute Gasteiger partial charge is 0.254 e. The summed E-state index contributed by atoms with van der Waals surface area (Å²) in [5, 5.41) is 13.0. The van der Waals surface area contributed by atoms with Crippen LogP contribution in [0.15, 0.2) is 28.8 Å². The zero-order valence-electron chi connectivity index (χ0n) is 12.6. The minimum Gasteiger partial charge on any atom is -0.337 e. The van der Waals surface area contributed by atoms with Gasteiger partial charge in [-0.2, -0.15) is 10.2 Å². The van der Waals surface area contributed by atoms with E-state index in [0.29, 0.717) is 29.5 Å². The first-order valence-electron chi connectivity index (χ1n) is 7.91. The second kappa shape index (κ2) is 5.51. The molecule has 2 fully saturated rings. The third kappa shape index (κ3) is 2.59. The number of hydrogen-bond acceptors (Lipinski definition) is 5. The molecule has 2 heterocycles. The van der Waals surface area contributed by atoms with Crippen LogP contribution < -0.4 is 0 Å². The molecule has 1 aromatic carbocycles. The third-order valence-corrected chi connectivity index (χ3v) is 4.44. The number of amides is 1. The minimum atomic E-state index is -0.159. The molecule has 4 rings (SSSR count). The van der Waals surface area contributed by atoms with Gasteiger partial charge in [0.15, 0.2) is 5.82 Å². The Bertz CT molecular complexity index is 788. The lowest BCUT2D eigenvalue weighted by atomic mass is 10.1. The molecular weight excluding hydrogens is 292 g/mol. The van der Waals surface area contributed by atoms with E-state index in [1.54, 1.807) is 29.2 Å². The summed E-state index contributed by atoms with van der Waals surface area (Å²) < 4.78 is 5.40. The molecule has 2 aromatic rings. The van der Waals surface area contributed by atoms with Crippen LogP contribution in [0.4, 0.5) is 0 Å². The molecule has 1 saturated heterocycles. The fraction of sp³-hybridized carbons (Fsp3) is 0.412. The van der Waals surface area contributed by atoms with E-state index >= 15 is 0 Å². The zero-order chi connectivity index (χ0) is 15.8. The van der Waals surface area contributed by atoms with Crippen LogP contribution in [0.1, 0.15) is 65.3 Å². The fourth-order valence-electron chi connectivity index (χ4n) is 3.04. The maximum absolute atomic E-state index is 12.8. The van der Waals surface area contributed by atoms with E-state index < -0.39 is 0 Å². The van der Waals surface area contributed by atoms with E-state index in [-0.39, 0.29) is 11.9 Å². The number of hydrogen-bond donors (Lipinski definition) is 0. The van der Waals surface area contributed by atoms with Gasteiger partial charge in [-0.3, -0.25) is 4.79 Å². The van der Waals surface area contributed by atoms with Crippen LogP contribution in [-0.2, 0) is 0 Å². The molecule has 6 heteroatoms. The Morgan fingerprint density at radius 2 is 2.22 bits per heavy atom. The number of likely N-dealkylation sites (tertiary alicyclic amines) is 1. The summed E-state index contributed by atoms with van der Waals surface area (Å²) in [6, 6.07) is 8.70. The van der Waals surface area contributed by atoms with Crippen LogP contribution in [0.3, 0.4) is 0 Å². The first-order valence-corrected chi connectivity index (χ1v) is 7.91. The average molecular weight is 308 g/mol. The Morgan fingerprint density at radius 1 is 1.35 bits per heavy atom. The number of benzene rings is 1. The van der Waals surface area contributed by atoms with Crippen LogP contribution in [0.2, 0.25) is 0 Å². The number of nitriles is 1. The highest BCUT2D eigenvalue weighted by Gasteiger charge is 2.36. The van der Waals surface area contributed by atoms with Gasteiger partial charge >= 0.3 is 0 Å². The van der Waals surface area contributed by atoms with E-state index in [1.807, 2.05) is 0 Å². The van der Waals surface area contributed by atoms with E-state index in [0.717, 1.165) is 31.5 Å². The molecule has 116 valence electrons. The first kappa shape index (κ1) is 13.9. The summed E-state index contributed by atoms with van der Waals surface area (Å²) >= 11 is 0. The molecule has 23 heavy (non-hydrogen) atoms. The molecule has 1 aliphatic heterocycles. The minimum absolute atomic E-state index is 0.0872. The molecule has 2 aliphatic rings. The molecule has 1 atom stereocenters. The molecule has 6 nitrogen and oxygen atoms in total. The molecule has 1 aromatic heterocycles. The largest absolute Gasteiger partial charge is 0.337 e. The molecule has 0 bridgehead atoms. The van der Waals surface area contributed by atoms with Gasteiger partial charge in [0.05, 0.1) is 11.6 Å². The Kier molecular flexibility index (Phi) is 3.34. The first-order chi connectivity index (χ1) is 11.3. The van der Waals surface area contributed by atoms with Crippen molar-refractivity contribution in [3.05, 3.63) is 47.1 Å². The third-order valence-electron chi connectivity index (χ3n) is 4.44. The van der Waals surface area contributed by atoms with Crippen molar-refractivity contribution in [3.8, 4) is 6.07 Å². The number of aromatic nitrogens is 2. The topological polar surface area (TPSA) is 83.0 Å². The van der Waals surface area contributed by atoms with Gasteiger partial charge in [-0.25, -0.2) is 0 Å². The van der Waals surface area contributed by atoms with Crippen molar-refractivity contribution in [3.63, 3.8) is 0 Å². The molecule has 0 spiro atoms. The van der Waals surface area contributed by atoms with E-state index in [9.17, 15) is 4.79 Å². The van der Waals surface area contributed by atoms with E-state index in [1.165, 1.54) is 0 Å². The lowest BCUT2D eigenvalue weighted by molar-refractivity contribution is 0.0710. The molecule has 1 saturated carbocycles. The highest BCUT2D eigenvalue weighted by Crippen LogP contribution is 2.40. The lowest BCUT2D eigenvalue weighted by Gasteiger charge is -2.22. The van der Waals surface area contributed by atoms with E-state index in [4.69, 9.17) is 9.78 Å². The lowest BCUT2D eigenvalue weighted by Crippen LogP contribution is -2.30. The molecule has 1 unspecified atom stereocenters. The van der Waals surface area contributed by atoms with Gasteiger partial charge in [-0.15, -0.1) is 0 Å². The van der Waals surface area contributed by atoms with Gasteiger partial charge < -0.3 is 9.42 Å². The normalized spacial score (nSPS) is 20.5. The standard InChI is InChI=1S/C17H16N4O2/c18-10-11-3-1-4-13(9-11)17(22)21-8-2-5-14(21)16-19-15(20-23-16)12-6-7-12/h1,3-4,9,12,14H,2,5-8H2. The van der Waals surface area contributed by atoms with Gasteiger partial charge in [0, 0.05) is 18.0 Å². The summed E-state index contributed by atoms with van der Waals surface area (Å²) in [7, 11) is 0. The van der Waals surface area contributed by atoms with Crippen LogP contribution in [0.25, 0.3) is 0 Å². The summed E-state index contributed by atoms with van der Waals surface area (Å²) in [6.07, 6.45) is 3.98. The monoisotopic (exact) mass is 308 g/mol. The zero-order valence-corrected chi connectivity index (χ0v) is 12.6.